The first kappa shape index (κ1) is 10.0. The van der Waals surface area contributed by atoms with Crippen LogP contribution in [0.1, 0.15) is 30.1 Å². The van der Waals surface area contributed by atoms with Gasteiger partial charge in [-0.1, -0.05) is 6.07 Å². The van der Waals surface area contributed by atoms with Crippen molar-refractivity contribution in [2.45, 2.75) is 25.9 Å². The maximum Gasteiger partial charge on any atom is 0.306 e. The van der Waals surface area contributed by atoms with E-state index in [1.165, 1.54) is 0 Å². The lowest BCUT2D eigenvalue weighted by Crippen LogP contribution is -2.01. The summed E-state index contributed by atoms with van der Waals surface area (Å²) in [5.74, 6) is 0.732. The third-order valence-electron chi connectivity index (χ3n) is 2.71. The second-order valence-corrected chi connectivity index (χ2v) is 3.74. The molecular formula is C12H14O3. The van der Waals surface area contributed by atoms with Crippen molar-refractivity contribution in [3.05, 3.63) is 29.3 Å². The van der Waals surface area contributed by atoms with Crippen LogP contribution in [0.3, 0.4) is 0 Å². The fourth-order valence-corrected chi connectivity index (χ4v) is 1.88. The summed E-state index contributed by atoms with van der Waals surface area (Å²) in [6, 6.07) is 5.83. The molecule has 0 unspecified atom stereocenters. The van der Waals surface area contributed by atoms with Gasteiger partial charge in [0.15, 0.2) is 0 Å². The van der Waals surface area contributed by atoms with Crippen LogP contribution < -0.4 is 4.74 Å². The molecule has 1 aromatic rings. The van der Waals surface area contributed by atoms with Crippen LogP contribution in [0.5, 0.6) is 5.75 Å². The first-order valence-electron chi connectivity index (χ1n) is 5.04. The summed E-state index contributed by atoms with van der Waals surface area (Å²) in [7, 11) is 1.64. The van der Waals surface area contributed by atoms with Gasteiger partial charge in [0.1, 0.15) is 11.9 Å². The molecule has 80 valence electrons. The van der Waals surface area contributed by atoms with Crippen molar-refractivity contribution in [1.29, 1.82) is 0 Å². The monoisotopic (exact) mass is 206 g/mol. The number of benzene rings is 1. The second-order valence-electron chi connectivity index (χ2n) is 3.74. The fourth-order valence-electron chi connectivity index (χ4n) is 1.88. The third kappa shape index (κ3) is 1.96. The van der Waals surface area contributed by atoms with Crippen LogP contribution >= 0.6 is 0 Å². The van der Waals surface area contributed by atoms with E-state index < -0.39 is 0 Å². The van der Waals surface area contributed by atoms with Gasteiger partial charge in [-0.25, -0.2) is 0 Å². The van der Waals surface area contributed by atoms with Gasteiger partial charge in [0, 0.05) is 6.42 Å². The van der Waals surface area contributed by atoms with Crippen molar-refractivity contribution in [3.8, 4) is 5.75 Å². The molecule has 0 radical (unpaired) electrons. The summed E-state index contributed by atoms with van der Waals surface area (Å²) in [6.45, 7) is 2.00. The van der Waals surface area contributed by atoms with Gasteiger partial charge in [0.05, 0.1) is 7.11 Å². The maximum absolute atomic E-state index is 11.0. The smallest absolute Gasteiger partial charge is 0.306 e. The van der Waals surface area contributed by atoms with Gasteiger partial charge >= 0.3 is 5.97 Å². The fraction of sp³-hybridized carbons (Fsp3) is 0.417. The van der Waals surface area contributed by atoms with Crippen LogP contribution in [0.25, 0.3) is 0 Å². The summed E-state index contributed by atoms with van der Waals surface area (Å²) in [5.41, 5.74) is 2.19. The number of hydrogen-bond donors (Lipinski definition) is 0. The number of esters is 1. The topological polar surface area (TPSA) is 35.5 Å². The molecule has 0 aromatic heterocycles. The molecule has 1 saturated heterocycles. The SMILES string of the molecule is COc1ccc([C@@H]2CCC(=O)O2)c(C)c1. The molecule has 0 spiro atoms. The zero-order chi connectivity index (χ0) is 10.8. The highest BCUT2D eigenvalue weighted by Gasteiger charge is 2.25. The summed E-state index contributed by atoms with van der Waals surface area (Å²) >= 11 is 0. The number of ether oxygens (including phenoxy) is 2. The van der Waals surface area contributed by atoms with E-state index >= 15 is 0 Å². The molecule has 1 heterocycles. The average Bonchev–Trinajstić information content (AvgIpc) is 2.64. The van der Waals surface area contributed by atoms with E-state index in [1.807, 2.05) is 25.1 Å². The van der Waals surface area contributed by atoms with Crippen LogP contribution in [0.4, 0.5) is 0 Å². The quantitative estimate of drug-likeness (QED) is 0.697. The van der Waals surface area contributed by atoms with Gasteiger partial charge in [-0.05, 0) is 36.6 Å². The van der Waals surface area contributed by atoms with Gasteiger partial charge in [-0.2, -0.15) is 0 Å². The molecule has 0 N–H and O–H groups in total. The lowest BCUT2D eigenvalue weighted by atomic mass is 10.0. The molecule has 1 aliphatic heterocycles. The van der Waals surface area contributed by atoms with Gasteiger partial charge < -0.3 is 9.47 Å². The number of methoxy groups -OCH3 is 1. The Kier molecular flexibility index (Phi) is 2.62. The Morgan fingerprint density at radius 3 is 2.80 bits per heavy atom. The Morgan fingerprint density at radius 1 is 1.47 bits per heavy atom. The molecule has 0 bridgehead atoms. The standard InChI is InChI=1S/C12H14O3/c1-8-7-9(14-2)3-4-10(8)11-5-6-12(13)15-11/h3-4,7,11H,5-6H2,1-2H3/t11-/m0/s1. The first-order valence-corrected chi connectivity index (χ1v) is 5.04. The van der Waals surface area contributed by atoms with Crippen LogP contribution in [0.15, 0.2) is 18.2 Å². The number of hydrogen-bond acceptors (Lipinski definition) is 3. The molecule has 1 atom stereocenters. The zero-order valence-electron chi connectivity index (χ0n) is 8.95. The number of carbonyl (C=O) groups is 1. The molecule has 15 heavy (non-hydrogen) atoms. The van der Waals surface area contributed by atoms with Crippen molar-refractivity contribution in [2.75, 3.05) is 7.11 Å². The third-order valence-corrected chi connectivity index (χ3v) is 2.71. The van der Waals surface area contributed by atoms with Crippen LogP contribution in [0, 0.1) is 6.92 Å². The van der Waals surface area contributed by atoms with Gasteiger partial charge in [-0.15, -0.1) is 0 Å². The van der Waals surface area contributed by atoms with E-state index in [9.17, 15) is 4.79 Å². The van der Waals surface area contributed by atoms with E-state index in [-0.39, 0.29) is 12.1 Å². The summed E-state index contributed by atoms with van der Waals surface area (Å²) in [5, 5.41) is 0. The predicted molar refractivity (Wildman–Crippen MR) is 55.8 cm³/mol. The number of carbonyl (C=O) groups excluding carboxylic acids is 1. The molecule has 3 heteroatoms. The minimum absolute atomic E-state index is 0.0663. The molecule has 1 aliphatic rings. The van der Waals surface area contributed by atoms with Crippen LogP contribution in [0.2, 0.25) is 0 Å². The van der Waals surface area contributed by atoms with Gasteiger partial charge in [0.25, 0.3) is 0 Å². The number of rotatable bonds is 2. The summed E-state index contributed by atoms with van der Waals surface area (Å²) in [4.78, 5) is 11.0. The Hall–Kier alpha value is -1.51. The zero-order valence-corrected chi connectivity index (χ0v) is 8.95. The summed E-state index contributed by atoms with van der Waals surface area (Å²) < 4.78 is 10.3. The lowest BCUT2D eigenvalue weighted by Gasteiger charge is -2.13. The Labute approximate surface area is 89.0 Å². The van der Waals surface area contributed by atoms with E-state index in [0.717, 1.165) is 23.3 Å². The minimum atomic E-state index is -0.102. The predicted octanol–water partition coefficient (Wildman–Crippen LogP) is 2.38. The molecule has 2 rings (SSSR count). The second kappa shape index (κ2) is 3.93. The van der Waals surface area contributed by atoms with Crippen LogP contribution in [-0.2, 0) is 9.53 Å². The number of cyclic esters (lactones) is 1. The lowest BCUT2D eigenvalue weighted by molar-refractivity contribution is -0.141. The number of aryl methyl sites for hydroxylation is 1. The average molecular weight is 206 g/mol. The van der Waals surface area contributed by atoms with Gasteiger partial charge in [-0.3, -0.25) is 4.79 Å². The van der Waals surface area contributed by atoms with E-state index in [0.29, 0.717) is 6.42 Å². The normalized spacial score (nSPS) is 20.1. The molecular weight excluding hydrogens is 192 g/mol. The molecule has 0 saturated carbocycles. The highest BCUT2D eigenvalue weighted by Crippen LogP contribution is 2.32. The van der Waals surface area contributed by atoms with Crippen molar-refractivity contribution in [3.63, 3.8) is 0 Å². The Bertz CT molecular complexity index is 384. The van der Waals surface area contributed by atoms with Crippen molar-refractivity contribution < 1.29 is 14.3 Å². The van der Waals surface area contributed by atoms with E-state index in [2.05, 4.69) is 0 Å². The Balaban J connectivity index is 2.25. The molecule has 0 amide bonds. The molecule has 3 nitrogen and oxygen atoms in total. The molecule has 1 fully saturated rings. The van der Waals surface area contributed by atoms with Crippen LogP contribution in [-0.4, -0.2) is 13.1 Å². The highest BCUT2D eigenvalue weighted by molar-refractivity contribution is 5.71. The maximum atomic E-state index is 11.0. The summed E-state index contributed by atoms with van der Waals surface area (Å²) in [6.07, 6.45) is 1.24. The molecule has 1 aromatic carbocycles. The van der Waals surface area contributed by atoms with Crippen molar-refractivity contribution in [2.24, 2.45) is 0 Å². The minimum Gasteiger partial charge on any atom is -0.497 e. The van der Waals surface area contributed by atoms with Crippen molar-refractivity contribution in [1.82, 2.24) is 0 Å². The van der Waals surface area contributed by atoms with E-state index in [1.54, 1.807) is 7.11 Å². The van der Waals surface area contributed by atoms with Gasteiger partial charge in [0.2, 0.25) is 0 Å². The largest absolute Gasteiger partial charge is 0.497 e. The first-order chi connectivity index (χ1) is 7.20. The Morgan fingerprint density at radius 2 is 2.27 bits per heavy atom. The van der Waals surface area contributed by atoms with Crippen molar-refractivity contribution >= 4 is 5.97 Å². The molecule has 0 aliphatic carbocycles. The van der Waals surface area contributed by atoms with E-state index in [4.69, 9.17) is 9.47 Å². The highest BCUT2D eigenvalue weighted by atomic mass is 16.5.